The largest absolute Gasteiger partial charge is 0.295 e. The van der Waals surface area contributed by atoms with Crippen LogP contribution in [-0.4, -0.2) is 11.1 Å². The zero-order valence-electron chi connectivity index (χ0n) is 17.1. The molecular formula is C28H25OP. The van der Waals surface area contributed by atoms with E-state index in [-0.39, 0.29) is 5.78 Å². The van der Waals surface area contributed by atoms with Crippen molar-refractivity contribution in [3.05, 3.63) is 127 Å². The first-order valence-electron chi connectivity index (χ1n) is 10.2. The molecule has 0 spiro atoms. The van der Waals surface area contributed by atoms with Crippen molar-refractivity contribution in [2.75, 3.05) is 0 Å². The maximum absolute atomic E-state index is 13.3. The van der Waals surface area contributed by atoms with Crippen LogP contribution < -0.4 is 15.9 Å². The third kappa shape index (κ3) is 3.82. The van der Waals surface area contributed by atoms with Gasteiger partial charge in [-0.15, -0.1) is 0 Å². The Bertz CT molecular complexity index is 1060. The average Bonchev–Trinajstić information content (AvgIpc) is 2.82. The summed E-state index contributed by atoms with van der Waals surface area (Å²) in [6.45, 7) is -0.594. The van der Waals surface area contributed by atoms with Crippen LogP contribution in [0.15, 0.2) is 121 Å². The summed E-state index contributed by atoms with van der Waals surface area (Å²) < 4.78 is 0. The molecule has 0 aliphatic rings. The van der Waals surface area contributed by atoms with Gasteiger partial charge in [-0.3, -0.25) is 4.79 Å². The minimum absolute atomic E-state index is 0.156. The molecule has 0 radical (unpaired) electrons. The normalized spacial score (nSPS) is 11.1. The number of rotatable bonds is 6. The summed E-state index contributed by atoms with van der Waals surface area (Å²) in [4.78, 5) is 13.3. The molecule has 1 nitrogen and oxygen atoms in total. The number of carbonyl (C=O) groups excluding carboxylic acids is 1. The highest BCUT2D eigenvalue weighted by Crippen LogP contribution is 2.47. The summed E-state index contributed by atoms with van der Waals surface area (Å²) in [5.74, 6) is 0.156. The van der Waals surface area contributed by atoms with Gasteiger partial charge in [-0.05, 0) is 35.3 Å². The van der Waals surface area contributed by atoms with Crippen molar-refractivity contribution in [2.45, 2.75) is 13.3 Å². The molecule has 0 N–H and O–H groups in total. The van der Waals surface area contributed by atoms with Crippen LogP contribution in [0, 0.1) is 0 Å². The Morgan fingerprint density at radius 3 is 1.23 bits per heavy atom. The lowest BCUT2D eigenvalue weighted by molar-refractivity contribution is -0.111. The molecule has 0 amide bonds. The number of ketones is 1. The second-order valence-corrected chi connectivity index (χ2v) is 10.8. The van der Waals surface area contributed by atoms with Gasteiger partial charge in [0, 0.05) is 11.7 Å². The lowest BCUT2D eigenvalue weighted by Crippen LogP contribution is -2.33. The zero-order chi connectivity index (χ0) is 20.8. The summed E-state index contributed by atoms with van der Waals surface area (Å²) >= 11 is 0. The minimum Gasteiger partial charge on any atom is -0.295 e. The lowest BCUT2D eigenvalue weighted by Gasteiger charge is -2.32. The second kappa shape index (κ2) is 9.11. The summed E-state index contributed by atoms with van der Waals surface area (Å²) in [5, 5.41) is 4.62. The molecule has 148 valence electrons. The van der Waals surface area contributed by atoms with Crippen molar-refractivity contribution < 1.29 is 4.79 Å². The molecule has 0 saturated carbocycles. The van der Waals surface area contributed by atoms with Crippen LogP contribution in [0.2, 0.25) is 0 Å². The molecule has 0 bridgehead atoms. The second-order valence-electron chi connectivity index (χ2n) is 7.34. The molecule has 0 saturated heterocycles. The molecule has 0 aromatic heterocycles. The molecule has 4 rings (SSSR count). The highest BCUT2D eigenvalue weighted by molar-refractivity contribution is 7.96. The zero-order valence-corrected chi connectivity index (χ0v) is 18.0. The van der Waals surface area contributed by atoms with Gasteiger partial charge in [0.15, 0.2) is 5.78 Å². The van der Waals surface area contributed by atoms with E-state index in [4.69, 9.17) is 0 Å². The Kier molecular flexibility index (Phi) is 6.12. The van der Waals surface area contributed by atoms with Gasteiger partial charge < -0.3 is 0 Å². The molecule has 2 heteroatoms. The van der Waals surface area contributed by atoms with Gasteiger partial charge in [0.25, 0.3) is 0 Å². The Morgan fingerprint density at radius 1 is 0.567 bits per heavy atom. The fourth-order valence-corrected chi connectivity index (χ4v) is 8.72. The third-order valence-corrected chi connectivity index (χ3v) is 9.96. The average molecular weight is 408 g/mol. The van der Waals surface area contributed by atoms with Gasteiger partial charge in [0.1, 0.15) is 0 Å². The van der Waals surface area contributed by atoms with Crippen LogP contribution in [0.4, 0.5) is 0 Å². The summed E-state index contributed by atoms with van der Waals surface area (Å²) in [5.41, 5.74) is 1.16. The highest BCUT2D eigenvalue weighted by Gasteiger charge is 2.31. The van der Waals surface area contributed by atoms with Crippen molar-refractivity contribution in [1.29, 1.82) is 0 Å². The van der Waals surface area contributed by atoms with Crippen molar-refractivity contribution in [1.82, 2.24) is 0 Å². The molecule has 0 aliphatic carbocycles. The number of carbonyl (C=O) groups is 1. The summed E-state index contributed by atoms with van der Waals surface area (Å²) in [6, 6.07) is 42.0. The quantitative estimate of drug-likeness (QED) is 0.411. The summed E-state index contributed by atoms with van der Waals surface area (Å²) in [7, 11) is 0. The molecular weight excluding hydrogens is 383 g/mol. The predicted octanol–water partition coefficient (Wildman–Crippen LogP) is 4.98. The van der Waals surface area contributed by atoms with E-state index in [9.17, 15) is 4.79 Å². The number of hydrogen-bond acceptors (Lipinski definition) is 1. The molecule has 4 aromatic carbocycles. The van der Waals surface area contributed by atoms with Gasteiger partial charge >= 0.3 is 0 Å². The smallest absolute Gasteiger partial charge is 0.157 e. The molecule has 0 aliphatic heterocycles. The van der Waals surface area contributed by atoms with E-state index in [1.165, 1.54) is 15.9 Å². The first kappa shape index (κ1) is 20.1. The van der Waals surface area contributed by atoms with E-state index in [1.54, 1.807) is 6.92 Å². The van der Waals surface area contributed by atoms with Crippen LogP contribution in [-0.2, 0) is 11.2 Å². The van der Waals surface area contributed by atoms with Crippen LogP contribution >= 0.6 is 6.89 Å². The highest BCUT2D eigenvalue weighted by atomic mass is 31.2. The van der Waals surface area contributed by atoms with E-state index in [0.29, 0.717) is 6.42 Å². The van der Waals surface area contributed by atoms with Gasteiger partial charge in [0.2, 0.25) is 0 Å². The number of Topliss-reactive ketones (excluding diaryl/α,β-unsaturated/α-hetero) is 1. The first-order valence-corrected chi connectivity index (χ1v) is 12.0. The third-order valence-electron chi connectivity index (χ3n) is 5.46. The topological polar surface area (TPSA) is 17.1 Å². The van der Waals surface area contributed by atoms with Crippen molar-refractivity contribution in [3.63, 3.8) is 0 Å². The molecule has 4 aromatic rings. The fraction of sp³-hybridized carbons (Fsp3) is 0.0714. The Balaban J connectivity index is 2.18. The molecule has 0 heterocycles. The van der Waals surface area contributed by atoms with Gasteiger partial charge in [-0.1, -0.05) is 121 Å². The van der Waals surface area contributed by atoms with Crippen LogP contribution in [0.1, 0.15) is 12.5 Å². The maximum Gasteiger partial charge on any atom is 0.157 e. The van der Waals surface area contributed by atoms with Crippen molar-refractivity contribution in [2.24, 2.45) is 0 Å². The number of hydrogen-bond donors (Lipinski definition) is 0. The van der Waals surface area contributed by atoms with Crippen LogP contribution in [0.25, 0.3) is 0 Å². The van der Waals surface area contributed by atoms with Gasteiger partial charge in [-0.25, -0.2) is 0 Å². The molecule has 0 fully saturated rings. The van der Waals surface area contributed by atoms with Gasteiger partial charge in [-0.2, -0.15) is 0 Å². The Hall–Kier alpha value is -3.15. The van der Waals surface area contributed by atoms with E-state index >= 15 is 0 Å². The predicted molar refractivity (Wildman–Crippen MR) is 131 cm³/mol. The van der Waals surface area contributed by atoms with E-state index in [1.807, 2.05) is 36.4 Å². The molecule has 0 atom stereocenters. The van der Waals surface area contributed by atoms with Crippen molar-refractivity contribution in [3.8, 4) is 0 Å². The standard InChI is InChI=1S/C28H25OP/c1-23(29)28(22-24-14-6-2-7-15-24)30(25-16-8-3-9-17-25,26-18-10-4-11-19-26)27-20-12-5-13-21-27/h2-21H,22H2,1H3. The Labute approximate surface area is 179 Å². The number of benzene rings is 4. The fourth-order valence-electron chi connectivity index (χ4n) is 4.14. The lowest BCUT2D eigenvalue weighted by atomic mass is 10.1. The van der Waals surface area contributed by atoms with Gasteiger partial charge in [0.05, 0.1) is 0 Å². The van der Waals surface area contributed by atoms with Crippen LogP contribution in [0.3, 0.4) is 0 Å². The van der Waals surface area contributed by atoms with E-state index in [2.05, 4.69) is 84.9 Å². The SMILES string of the molecule is CC(=O)C(Cc1ccccc1)=P(c1ccccc1)(c1ccccc1)c1ccccc1. The first-order chi connectivity index (χ1) is 14.7. The van der Waals surface area contributed by atoms with E-state index in [0.717, 1.165) is 10.9 Å². The maximum atomic E-state index is 13.3. The summed E-state index contributed by atoms with van der Waals surface area (Å²) in [6.07, 6.45) is 0.642. The Morgan fingerprint density at radius 2 is 0.900 bits per heavy atom. The monoisotopic (exact) mass is 408 g/mol. The van der Waals surface area contributed by atoms with Crippen LogP contribution in [0.5, 0.6) is 0 Å². The van der Waals surface area contributed by atoms with Crippen molar-refractivity contribution >= 4 is 33.9 Å². The molecule has 0 unspecified atom stereocenters. The minimum atomic E-state index is -2.32. The van der Waals surface area contributed by atoms with E-state index < -0.39 is 6.89 Å². The molecule has 30 heavy (non-hydrogen) atoms.